The van der Waals surface area contributed by atoms with Crippen molar-refractivity contribution in [3.05, 3.63) is 28.6 Å². The fraction of sp³-hybridized carbons (Fsp3) is 0.385. The lowest BCUT2D eigenvalue weighted by Gasteiger charge is -2.21. The predicted molar refractivity (Wildman–Crippen MR) is 82.7 cm³/mol. The fourth-order valence-electron chi connectivity index (χ4n) is 1.91. The van der Waals surface area contributed by atoms with Gasteiger partial charge in [0.25, 0.3) is 10.7 Å². The van der Waals surface area contributed by atoms with E-state index in [1.807, 2.05) is 13.2 Å². The Morgan fingerprint density at radius 3 is 3.00 bits per heavy atom. The molecule has 0 radical (unpaired) electrons. The number of oxazole rings is 1. The van der Waals surface area contributed by atoms with Gasteiger partial charge in [-0.1, -0.05) is 0 Å². The van der Waals surface area contributed by atoms with Gasteiger partial charge in [-0.3, -0.25) is 4.79 Å². The maximum absolute atomic E-state index is 12.2. The number of aromatic nitrogens is 1. The Kier molecular flexibility index (Phi) is 4.85. The number of aliphatic hydroxyl groups is 1. The second kappa shape index (κ2) is 6.43. The number of carbonyl (C=O) groups excluding carboxylic acids is 1. The zero-order valence-corrected chi connectivity index (χ0v) is 12.8. The number of thioether (sulfide) groups is 1. The van der Waals surface area contributed by atoms with Crippen molar-refractivity contribution in [3.8, 4) is 0 Å². The second-order valence-electron chi connectivity index (χ2n) is 4.44. The lowest BCUT2D eigenvalue weighted by Crippen LogP contribution is -2.41. The third kappa shape index (κ3) is 3.23. The molecule has 3 N–H and O–H groups in total. The van der Waals surface area contributed by atoms with Gasteiger partial charge < -0.3 is 19.8 Å². The van der Waals surface area contributed by atoms with Crippen molar-refractivity contribution in [2.45, 2.75) is 18.2 Å². The lowest BCUT2D eigenvalue weighted by atomic mass is 10.1. The number of aliphatic hydroxyl groups excluding tert-OH is 1. The smallest absolute Gasteiger partial charge is 0.266 e. The van der Waals surface area contributed by atoms with Gasteiger partial charge in [-0.15, -0.1) is 0 Å². The molecule has 2 atom stereocenters. The van der Waals surface area contributed by atoms with Crippen molar-refractivity contribution in [2.75, 3.05) is 12.9 Å². The van der Waals surface area contributed by atoms with Crippen LogP contribution in [0, 0.1) is 4.84 Å². The highest BCUT2D eigenvalue weighted by Gasteiger charge is 2.18. The van der Waals surface area contributed by atoms with Crippen LogP contribution in [0.2, 0.25) is 0 Å². The standard InChI is InChI=1S/C13H16N2O3S2/c1-7(11(6-16)20-2)14-12(17)8-3-4-9-10(5-8)18-13(19)15-9/h3-5,7,11,16H,6H2,1-2H3,(H,14,17)(H,15,19)/t7-,11-/m1/s1. The number of H-pyrrole nitrogens is 1. The van der Waals surface area contributed by atoms with E-state index in [0.29, 0.717) is 11.1 Å². The Morgan fingerprint density at radius 2 is 2.35 bits per heavy atom. The van der Waals surface area contributed by atoms with Gasteiger partial charge in [-0.25, -0.2) is 0 Å². The van der Waals surface area contributed by atoms with Crippen molar-refractivity contribution in [3.63, 3.8) is 0 Å². The van der Waals surface area contributed by atoms with Crippen molar-refractivity contribution in [2.24, 2.45) is 0 Å². The summed E-state index contributed by atoms with van der Waals surface area (Å²) in [6, 6.07) is 4.98. The Balaban J connectivity index is 2.16. The molecule has 0 aliphatic heterocycles. The fourth-order valence-corrected chi connectivity index (χ4v) is 2.73. The summed E-state index contributed by atoms with van der Waals surface area (Å²) in [5.74, 6) is -0.200. The molecule has 1 amide bonds. The Morgan fingerprint density at radius 1 is 1.60 bits per heavy atom. The first-order valence-corrected chi connectivity index (χ1v) is 7.82. The summed E-state index contributed by atoms with van der Waals surface area (Å²) in [6.07, 6.45) is 1.90. The van der Waals surface area contributed by atoms with Gasteiger partial charge >= 0.3 is 0 Å². The number of amides is 1. The number of fused-ring (bicyclic) bond motifs is 1. The van der Waals surface area contributed by atoms with Crippen LogP contribution in [0.4, 0.5) is 0 Å². The van der Waals surface area contributed by atoms with Crippen LogP contribution in [-0.4, -0.2) is 40.2 Å². The summed E-state index contributed by atoms with van der Waals surface area (Å²) < 4.78 is 5.29. The molecule has 0 spiro atoms. The summed E-state index contributed by atoms with van der Waals surface area (Å²) >= 11 is 6.42. The summed E-state index contributed by atoms with van der Waals surface area (Å²) in [7, 11) is 0. The Bertz CT molecular complexity index is 661. The molecule has 1 aromatic heterocycles. The van der Waals surface area contributed by atoms with Crippen molar-refractivity contribution in [1.82, 2.24) is 10.3 Å². The van der Waals surface area contributed by atoms with E-state index in [9.17, 15) is 9.90 Å². The third-order valence-corrected chi connectivity index (χ3v) is 4.43. The first kappa shape index (κ1) is 15.1. The van der Waals surface area contributed by atoms with Gasteiger partial charge in [-0.2, -0.15) is 11.8 Å². The summed E-state index contributed by atoms with van der Waals surface area (Å²) in [5.41, 5.74) is 1.82. The second-order valence-corrected chi connectivity index (χ2v) is 5.89. The quantitative estimate of drug-likeness (QED) is 0.739. The number of benzene rings is 1. The van der Waals surface area contributed by atoms with E-state index in [1.54, 1.807) is 18.2 Å². The largest absolute Gasteiger partial charge is 0.429 e. The highest BCUT2D eigenvalue weighted by atomic mass is 32.2. The highest BCUT2D eigenvalue weighted by molar-refractivity contribution is 7.99. The molecular formula is C13H16N2O3S2. The maximum Gasteiger partial charge on any atom is 0.266 e. The molecule has 20 heavy (non-hydrogen) atoms. The van der Waals surface area contributed by atoms with Gasteiger partial charge in [0.05, 0.1) is 12.1 Å². The normalized spacial score (nSPS) is 14.2. The van der Waals surface area contributed by atoms with E-state index < -0.39 is 0 Å². The molecule has 108 valence electrons. The molecule has 5 nitrogen and oxygen atoms in total. The van der Waals surface area contributed by atoms with Gasteiger partial charge in [0.1, 0.15) is 0 Å². The maximum atomic E-state index is 12.2. The van der Waals surface area contributed by atoms with E-state index in [2.05, 4.69) is 10.3 Å². The van der Waals surface area contributed by atoms with Crippen LogP contribution in [0.15, 0.2) is 22.6 Å². The summed E-state index contributed by atoms with van der Waals surface area (Å²) in [5, 5.41) is 12.1. The molecule has 0 fully saturated rings. The number of rotatable bonds is 5. The predicted octanol–water partition coefficient (Wildman–Crippen LogP) is 2.33. The SMILES string of the molecule is CS[C@H](CO)[C@@H](C)NC(=O)c1ccc2[nH]c(=S)oc2c1. The third-order valence-electron chi connectivity index (χ3n) is 3.08. The van der Waals surface area contributed by atoms with E-state index in [0.717, 1.165) is 5.52 Å². The topological polar surface area (TPSA) is 78.3 Å². The van der Waals surface area contributed by atoms with Gasteiger partial charge in [0, 0.05) is 16.9 Å². The zero-order valence-electron chi connectivity index (χ0n) is 11.2. The number of aromatic amines is 1. The Labute approximate surface area is 125 Å². The lowest BCUT2D eigenvalue weighted by molar-refractivity contribution is 0.0936. The van der Waals surface area contributed by atoms with Crippen LogP contribution in [0.25, 0.3) is 11.1 Å². The molecule has 1 heterocycles. The van der Waals surface area contributed by atoms with Gasteiger partial charge in [-0.05, 0) is 43.6 Å². The molecule has 0 saturated carbocycles. The molecule has 0 aliphatic rings. The van der Waals surface area contributed by atoms with E-state index >= 15 is 0 Å². The van der Waals surface area contributed by atoms with Crippen LogP contribution in [0.5, 0.6) is 0 Å². The van der Waals surface area contributed by atoms with E-state index in [1.165, 1.54) is 11.8 Å². The highest BCUT2D eigenvalue weighted by Crippen LogP contribution is 2.16. The minimum absolute atomic E-state index is 0.0219. The van der Waals surface area contributed by atoms with E-state index in [4.69, 9.17) is 16.6 Å². The number of hydrogen-bond acceptors (Lipinski definition) is 5. The monoisotopic (exact) mass is 312 g/mol. The average Bonchev–Trinajstić information content (AvgIpc) is 2.78. The number of hydrogen-bond donors (Lipinski definition) is 3. The molecule has 0 unspecified atom stereocenters. The number of carbonyl (C=O) groups is 1. The Hall–Kier alpha value is -1.31. The van der Waals surface area contributed by atoms with Gasteiger partial charge in [0.15, 0.2) is 5.58 Å². The summed E-state index contributed by atoms with van der Waals surface area (Å²) in [6.45, 7) is 1.89. The number of nitrogens with one attached hydrogen (secondary N) is 2. The van der Waals surface area contributed by atoms with Crippen molar-refractivity contribution < 1.29 is 14.3 Å². The van der Waals surface area contributed by atoms with Crippen LogP contribution >= 0.6 is 24.0 Å². The van der Waals surface area contributed by atoms with Crippen LogP contribution in [0.3, 0.4) is 0 Å². The molecule has 0 saturated heterocycles. The molecule has 0 bridgehead atoms. The van der Waals surface area contributed by atoms with Crippen LogP contribution in [0.1, 0.15) is 17.3 Å². The molecule has 2 rings (SSSR count). The van der Waals surface area contributed by atoms with Gasteiger partial charge in [0.2, 0.25) is 0 Å². The molecule has 2 aromatic rings. The summed E-state index contributed by atoms with van der Waals surface area (Å²) in [4.78, 5) is 15.3. The molecule has 1 aromatic carbocycles. The molecule has 0 aliphatic carbocycles. The first-order valence-electron chi connectivity index (χ1n) is 6.12. The zero-order chi connectivity index (χ0) is 14.7. The van der Waals surface area contributed by atoms with Crippen LogP contribution in [-0.2, 0) is 0 Å². The average molecular weight is 312 g/mol. The van der Waals surface area contributed by atoms with Crippen molar-refractivity contribution >= 4 is 41.0 Å². The van der Waals surface area contributed by atoms with Crippen LogP contribution < -0.4 is 5.32 Å². The molecule has 7 heteroatoms. The van der Waals surface area contributed by atoms with E-state index in [-0.39, 0.29) is 28.6 Å². The minimum Gasteiger partial charge on any atom is -0.429 e. The first-order chi connectivity index (χ1) is 9.55. The van der Waals surface area contributed by atoms with Crippen molar-refractivity contribution in [1.29, 1.82) is 0 Å². The minimum atomic E-state index is -0.200. The molecular weight excluding hydrogens is 296 g/mol.